The summed E-state index contributed by atoms with van der Waals surface area (Å²) in [5.74, 6) is -1.31. The van der Waals surface area contributed by atoms with Gasteiger partial charge in [0, 0.05) is 18.0 Å². The van der Waals surface area contributed by atoms with Crippen LogP contribution in [0.4, 0.5) is 4.39 Å². The fourth-order valence-corrected chi connectivity index (χ4v) is 5.59. The minimum atomic E-state index is -3.81. The van der Waals surface area contributed by atoms with Crippen molar-refractivity contribution in [1.82, 2.24) is 4.31 Å². The quantitative estimate of drug-likeness (QED) is 0.570. The summed E-state index contributed by atoms with van der Waals surface area (Å²) in [7, 11) is -3.81. The third kappa shape index (κ3) is 5.28. The summed E-state index contributed by atoms with van der Waals surface area (Å²) in [4.78, 5) is 10.7. The zero-order valence-corrected chi connectivity index (χ0v) is 17.8. The van der Waals surface area contributed by atoms with E-state index >= 15 is 0 Å². The molecule has 3 rings (SSSR count). The highest BCUT2D eigenvalue weighted by molar-refractivity contribution is 7.89. The van der Waals surface area contributed by atoms with E-state index in [4.69, 9.17) is 16.7 Å². The summed E-state index contributed by atoms with van der Waals surface area (Å²) in [5.41, 5.74) is 0.839. The molecule has 30 heavy (non-hydrogen) atoms. The van der Waals surface area contributed by atoms with Gasteiger partial charge >= 0.3 is 5.97 Å². The highest BCUT2D eigenvalue weighted by Crippen LogP contribution is 2.43. The van der Waals surface area contributed by atoms with E-state index in [1.807, 2.05) is 24.3 Å². The Labute approximate surface area is 180 Å². The average molecular weight is 452 g/mol. The van der Waals surface area contributed by atoms with Crippen molar-refractivity contribution in [2.45, 2.75) is 36.6 Å². The SMILES string of the molecule is O=C(O)CC/C=C\CC1CCN(S(=O)(=O)c2ccc(F)cc2)C1c1ccc(Cl)cc1. The van der Waals surface area contributed by atoms with Gasteiger partial charge in [0.1, 0.15) is 5.82 Å². The molecule has 0 spiro atoms. The van der Waals surface area contributed by atoms with Gasteiger partial charge in [0.25, 0.3) is 0 Å². The monoisotopic (exact) mass is 451 g/mol. The number of rotatable bonds is 8. The zero-order chi connectivity index (χ0) is 21.7. The Hall–Kier alpha value is -2.22. The number of hydrogen-bond donors (Lipinski definition) is 1. The van der Waals surface area contributed by atoms with E-state index in [0.29, 0.717) is 30.8 Å². The predicted octanol–water partition coefficient (Wildman–Crippen LogP) is 5.04. The number of nitrogens with zero attached hydrogens (tertiary/aromatic N) is 1. The van der Waals surface area contributed by atoms with E-state index in [1.165, 1.54) is 16.4 Å². The van der Waals surface area contributed by atoms with Crippen molar-refractivity contribution in [3.8, 4) is 0 Å². The molecule has 2 atom stereocenters. The lowest BCUT2D eigenvalue weighted by molar-refractivity contribution is -0.136. The molecule has 0 amide bonds. The minimum Gasteiger partial charge on any atom is -0.481 e. The van der Waals surface area contributed by atoms with E-state index in [1.54, 1.807) is 12.1 Å². The van der Waals surface area contributed by atoms with Crippen LogP contribution in [0, 0.1) is 11.7 Å². The lowest BCUT2D eigenvalue weighted by Crippen LogP contribution is -2.32. The molecule has 8 heteroatoms. The summed E-state index contributed by atoms with van der Waals surface area (Å²) >= 11 is 6.01. The van der Waals surface area contributed by atoms with Crippen LogP contribution in [0.2, 0.25) is 5.02 Å². The predicted molar refractivity (Wildman–Crippen MR) is 113 cm³/mol. The maximum atomic E-state index is 13.3. The molecule has 2 unspecified atom stereocenters. The largest absolute Gasteiger partial charge is 0.481 e. The molecule has 2 aromatic rings. The van der Waals surface area contributed by atoms with Crippen LogP contribution >= 0.6 is 11.6 Å². The van der Waals surface area contributed by atoms with Gasteiger partial charge in [-0.25, -0.2) is 12.8 Å². The number of hydrogen-bond acceptors (Lipinski definition) is 3. The second-order valence-corrected chi connectivity index (χ2v) is 9.58. The minimum absolute atomic E-state index is 0.0301. The number of halogens is 2. The molecule has 1 fully saturated rings. The van der Waals surface area contributed by atoms with Gasteiger partial charge in [0.2, 0.25) is 10.0 Å². The Morgan fingerprint density at radius 2 is 1.80 bits per heavy atom. The molecule has 1 heterocycles. The van der Waals surface area contributed by atoms with Gasteiger partial charge in [-0.2, -0.15) is 4.31 Å². The van der Waals surface area contributed by atoms with Crippen LogP contribution in [0.1, 0.15) is 37.3 Å². The molecule has 1 N–H and O–H groups in total. The number of carbonyl (C=O) groups is 1. The Morgan fingerprint density at radius 3 is 2.43 bits per heavy atom. The topological polar surface area (TPSA) is 74.7 Å². The van der Waals surface area contributed by atoms with Crippen LogP contribution in [-0.4, -0.2) is 30.3 Å². The first-order valence-electron chi connectivity index (χ1n) is 9.68. The summed E-state index contributed by atoms with van der Waals surface area (Å²) in [6.45, 7) is 0.348. The van der Waals surface area contributed by atoms with Crippen molar-refractivity contribution in [2.75, 3.05) is 6.54 Å². The maximum Gasteiger partial charge on any atom is 0.303 e. The number of aliphatic carboxylic acids is 1. The van der Waals surface area contributed by atoms with Crippen molar-refractivity contribution in [2.24, 2.45) is 5.92 Å². The molecule has 0 saturated carbocycles. The second kappa shape index (κ2) is 9.73. The number of allylic oxidation sites excluding steroid dienone is 2. The average Bonchev–Trinajstić information content (AvgIpc) is 3.13. The van der Waals surface area contributed by atoms with Crippen LogP contribution in [-0.2, 0) is 14.8 Å². The van der Waals surface area contributed by atoms with Crippen LogP contribution < -0.4 is 0 Å². The van der Waals surface area contributed by atoms with Gasteiger partial charge < -0.3 is 5.11 Å². The Bertz CT molecular complexity index is 1010. The van der Waals surface area contributed by atoms with Crippen molar-refractivity contribution in [1.29, 1.82) is 0 Å². The van der Waals surface area contributed by atoms with E-state index < -0.39 is 21.8 Å². The summed E-state index contributed by atoms with van der Waals surface area (Å²) in [6, 6.07) is 11.6. The van der Waals surface area contributed by atoms with Gasteiger partial charge in [-0.05, 0) is 67.1 Å². The van der Waals surface area contributed by atoms with Crippen molar-refractivity contribution in [3.63, 3.8) is 0 Å². The second-order valence-electron chi connectivity index (χ2n) is 7.25. The van der Waals surface area contributed by atoms with Gasteiger partial charge in [-0.3, -0.25) is 4.79 Å². The van der Waals surface area contributed by atoms with E-state index in [9.17, 15) is 17.6 Å². The molecule has 1 aliphatic rings. The van der Waals surface area contributed by atoms with Gasteiger partial charge in [0.15, 0.2) is 0 Å². The van der Waals surface area contributed by atoms with Crippen LogP contribution in [0.3, 0.4) is 0 Å². The first-order valence-corrected chi connectivity index (χ1v) is 11.5. The van der Waals surface area contributed by atoms with Crippen LogP contribution in [0.5, 0.6) is 0 Å². The fourth-order valence-electron chi connectivity index (χ4n) is 3.78. The van der Waals surface area contributed by atoms with Crippen molar-refractivity contribution in [3.05, 3.63) is 77.1 Å². The molecule has 2 aromatic carbocycles. The van der Waals surface area contributed by atoms with Crippen LogP contribution in [0.15, 0.2) is 65.6 Å². The number of carboxylic acid groups (broad SMARTS) is 1. The van der Waals surface area contributed by atoms with E-state index in [-0.39, 0.29) is 23.3 Å². The number of sulfonamides is 1. The van der Waals surface area contributed by atoms with Gasteiger partial charge in [-0.15, -0.1) is 0 Å². The lowest BCUT2D eigenvalue weighted by atomic mass is 9.91. The highest BCUT2D eigenvalue weighted by atomic mass is 35.5. The Morgan fingerprint density at radius 1 is 1.13 bits per heavy atom. The molecule has 0 bridgehead atoms. The molecule has 1 aliphatic heterocycles. The first-order chi connectivity index (χ1) is 14.3. The number of benzene rings is 2. The maximum absolute atomic E-state index is 13.3. The molecular weight excluding hydrogens is 429 g/mol. The molecule has 5 nitrogen and oxygen atoms in total. The summed E-state index contributed by atoms with van der Waals surface area (Å²) in [5, 5.41) is 9.31. The molecule has 1 saturated heterocycles. The standard InChI is InChI=1S/C22H23ClFNO4S/c23-18-8-6-17(7-9-18)22-16(4-2-1-3-5-21(26)27)14-15-25(22)30(28,29)20-12-10-19(24)11-13-20/h1-2,6-13,16,22H,3-5,14-15H2,(H,26,27)/b2-1-. The van der Waals surface area contributed by atoms with Gasteiger partial charge in [0.05, 0.1) is 10.9 Å². The van der Waals surface area contributed by atoms with Crippen LogP contribution in [0.25, 0.3) is 0 Å². The lowest BCUT2D eigenvalue weighted by Gasteiger charge is -2.28. The Kier molecular flexibility index (Phi) is 7.28. The fraction of sp³-hybridized carbons (Fsp3) is 0.318. The van der Waals surface area contributed by atoms with Gasteiger partial charge in [-0.1, -0.05) is 35.9 Å². The molecular formula is C22H23ClFNO4S. The zero-order valence-electron chi connectivity index (χ0n) is 16.2. The third-order valence-corrected chi connectivity index (χ3v) is 7.39. The van der Waals surface area contributed by atoms with Crippen molar-refractivity contribution >= 4 is 27.6 Å². The normalized spacial score (nSPS) is 20.1. The Balaban J connectivity index is 1.87. The molecule has 0 radical (unpaired) electrons. The summed E-state index contributed by atoms with van der Waals surface area (Å²) < 4.78 is 41.3. The molecule has 160 valence electrons. The molecule has 0 aromatic heterocycles. The van der Waals surface area contributed by atoms with Crippen molar-refractivity contribution < 1.29 is 22.7 Å². The molecule has 0 aliphatic carbocycles. The number of carboxylic acids is 1. The summed E-state index contributed by atoms with van der Waals surface area (Å²) in [6.07, 6.45) is 5.53. The van der Waals surface area contributed by atoms with E-state index in [0.717, 1.165) is 17.7 Å². The van der Waals surface area contributed by atoms with E-state index in [2.05, 4.69) is 0 Å². The highest BCUT2D eigenvalue weighted by Gasteiger charge is 2.41. The smallest absolute Gasteiger partial charge is 0.303 e. The third-order valence-electron chi connectivity index (χ3n) is 5.24. The first kappa shape index (κ1) is 22.5.